The van der Waals surface area contributed by atoms with Gasteiger partial charge in [-0.3, -0.25) is 0 Å². The summed E-state index contributed by atoms with van der Waals surface area (Å²) in [7, 11) is 5.46. The minimum Gasteiger partial charge on any atom is -0.493 e. The molecule has 2 rings (SSSR count). The lowest BCUT2D eigenvalue weighted by Crippen LogP contribution is -2.41. The van der Waals surface area contributed by atoms with Gasteiger partial charge in [-0.1, -0.05) is 25.3 Å². The third-order valence-electron chi connectivity index (χ3n) is 4.85. The molecule has 1 fully saturated rings. The predicted molar refractivity (Wildman–Crippen MR) is 102 cm³/mol. The Hall–Kier alpha value is -1.95. The minimum absolute atomic E-state index is 0.479. The fraction of sp³-hybridized carbons (Fsp3) is 0.632. The van der Waals surface area contributed by atoms with Crippen LogP contribution >= 0.6 is 0 Å². The Kier molecular flexibility index (Phi) is 7.85. The molecule has 25 heavy (non-hydrogen) atoms. The van der Waals surface area contributed by atoms with Crippen LogP contribution in [0.3, 0.4) is 0 Å². The van der Waals surface area contributed by atoms with Gasteiger partial charge in [0.25, 0.3) is 0 Å². The number of nitrogens with one attached hydrogen (secondary N) is 1. The van der Waals surface area contributed by atoms with Crippen LogP contribution in [0, 0.1) is 0 Å². The SMILES string of the molecule is COc1ccc(CN=C(N)NCCN(C)C2CCCCC2)cc1OC. The summed E-state index contributed by atoms with van der Waals surface area (Å²) in [6, 6.07) is 6.49. The fourth-order valence-corrected chi connectivity index (χ4v) is 3.28. The van der Waals surface area contributed by atoms with Gasteiger partial charge in [0.2, 0.25) is 0 Å². The number of rotatable bonds is 8. The zero-order valence-corrected chi connectivity index (χ0v) is 15.8. The van der Waals surface area contributed by atoms with E-state index in [1.165, 1.54) is 32.1 Å². The number of likely N-dealkylation sites (N-methyl/N-ethyl adjacent to an activating group) is 1. The molecule has 3 N–H and O–H groups in total. The van der Waals surface area contributed by atoms with Crippen LogP contribution < -0.4 is 20.5 Å². The van der Waals surface area contributed by atoms with Crippen molar-refractivity contribution in [3.8, 4) is 11.5 Å². The number of nitrogens with zero attached hydrogens (tertiary/aromatic N) is 2. The summed E-state index contributed by atoms with van der Waals surface area (Å²) in [5.41, 5.74) is 7.01. The lowest BCUT2D eigenvalue weighted by Gasteiger charge is -2.31. The minimum atomic E-state index is 0.479. The molecule has 0 spiro atoms. The van der Waals surface area contributed by atoms with Gasteiger partial charge in [0.1, 0.15) is 0 Å². The molecule has 1 aromatic carbocycles. The molecule has 0 aliphatic heterocycles. The zero-order chi connectivity index (χ0) is 18.1. The quantitative estimate of drug-likeness (QED) is 0.557. The van der Waals surface area contributed by atoms with Crippen LogP contribution in [0.1, 0.15) is 37.7 Å². The molecule has 0 radical (unpaired) electrons. The molecular formula is C19H32N4O2. The first-order valence-corrected chi connectivity index (χ1v) is 9.09. The Labute approximate surface area is 151 Å². The van der Waals surface area contributed by atoms with Crippen LogP contribution in [0.5, 0.6) is 11.5 Å². The van der Waals surface area contributed by atoms with Crippen LogP contribution in [-0.2, 0) is 6.54 Å². The average Bonchev–Trinajstić information content (AvgIpc) is 2.66. The van der Waals surface area contributed by atoms with Gasteiger partial charge in [-0.05, 0) is 37.6 Å². The summed E-state index contributed by atoms with van der Waals surface area (Å²) >= 11 is 0. The normalized spacial score (nSPS) is 16.1. The Morgan fingerprint density at radius 3 is 2.60 bits per heavy atom. The van der Waals surface area contributed by atoms with E-state index < -0.39 is 0 Å². The standard InChI is InChI=1S/C19H32N4O2/c1-23(16-7-5-4-6-8-16)12-11-21-19(20)22-14-15-9-10-17(24-2)18(13-15)25-3/h9-10,13,16H,4-8,11-12,14H2,1-3H3,(H3,20,21,22). The van der Waals surface area contributed by atoms with Crippen molar-refractivity contribution in [2.24, 2.45) is 10.7 Å². The van der Waals surface area contributed by atoms with Gasteiger partial charge in [0, 0.05) is 19.1 Å². The number of hydrogen-bond acceptors (Lipinski definition) is 4. The summed E-state index contributed by atoms with van der Waals surface area (Å²) in [6.07, 6.45) is 6.74. The highest BCUT2D eigenvalue weighted by molar-refractivity contribution is 5.77. The first-order chi connectivity index (χ1) is 12.1. The van der Waals surface area contributed by atoms with Crippen LogP contribution in [0.15, 0.2) is 23.2 Å². The largest absolute Gasteiger partial charge is 0.493 e. The number of methoxy groups -OCH3 is 2. The van der Waals surface area contributed by atoms with Crippen LogP contribution in [0.25, 0.3) is 0 Å². The second-order valence-electron chi connectivity index (χ2n) is 6.59. The van der Waals surface area contributed by atoms with E-state index in [0.29, 0.717) is 24.0 Å². The number of benzene rings is 1. The molecule has 0 saturated heterocycles. The van der Waals surface area contributed by atoms with Crippen molar-refractivity contribution in [3.05, 3.63) is 23.8 Å². The first-order valence-electron chi connectivity index (χ1n) is 9.09. The van der Waals surface area contributed by atoms with Crippen molar-refractivity contribution in [2.45, 2.75) is 44.7 Å². The summed E-state index contributed by atoms with van der Waals surface area (Å²) in [5.74, 6) is 1.90. The second kappa shape index (κ2) is 10.1. The van der Waals surface area contributed by atoms with Gasteiger partial charge in [0.15, 0.2) is 17.5 Å². The van der Waals surface area contributed by atoms with E-state index in [1.807, 2.05) is 18.2 Å². The predicted octanol–water partition coefficient (Wildman–Crippen LogP) is 2.37. The number of guanidine groups is 1. The zero-order valence-electron chi connectivity index (χ0n) is 15.8. The molecule has 1 aliphatic carbocycles. The molecule has 0 amide bonds. The molecular weight excluding hydrogens is 316 g/mol. The number of hydrogen-bond donors (Lipinski definition) is 2. The highest BCUT2D eigenvalue weighted by Gasteiger charge is 2.17. The van der Waals surface area contributed by atoms with E-state index in [2.05, 4.69) is 22.3 Å². The van der Waals surface area contributed by atoms with Crippen molar-refractivity contribution >= 4 is 5.96 Å². The van der Waals surface area contributed by atoms with E-state index >= 15 is 0 Å². The van der Waals surface area contributed by atoms with Crippen molar-refractivity contribution in [1.29, 1.82) is 0 Å². The Morgan fingerprint density at radius 2 is 1.92 bits per heavy atom. The lowest BCUT2D eigenvalue weighted by molar-refractivity contribution is 0.194. The number of nitrogens with two attached hydrogens (primary N) is 1. The summed E-state index contributed by atoms with van der Waals surface area (Å²) < 4.78 is 10.5. The van der Waals surface area contributed by atoms with E-state index in [1.54, 1.807) is 14.2 Å². The van der Waals surface area contributed by atoms with Gasteiger partial charge in [-0.25, -0.2) is 4.99 Å². The molecule has 0 atom stereocenters. The van der Waals surface area contributed by atoms with Crippen molar-refractivity contribution in [2.75, 3.05) is 34.4 Å². The topological polar surface area (TPSA) is 72.1 Å². The summed E-state index contributed by atoms with van der Waals surface area (Å²) in [6.45, 7) is 2.31. The van der Waals surface area contributed by atoms with Crippen LogP contribution in [0.2, 0.25) is 0 Å². The molecule has 0 bridgehead atoms. The molecule has 1 aliphatic rings. The third kappa shape index (κ3) is 6.12. The fourth-order valence-electron chi connectivity index (χ4n) is 3.28. The van der Waals surface area contributed by atoms with E-state index in [4.69, 9.17) is 15.2 Å². The Bertz CT molecular complexity index is 556. The van der Waals surface area contributed by atoms with Crippen molar-refractivity contribution < 1.29 is 9.47 Å². The third-order valence-corrected chi connectivity index (χ3v) is 4.85. The van der Waals surface area contributed by atoms with Crippen LogP contribution in [-0.4, -0.2) is 51.3 Å². The van der Waals surface area contributed by atoms with E-state index in [9.17, 15) is 0 Å². The second-order valence-corrected chi connectivity index (χ2v) is 6.59. The molecule has 0 aromatic heterocycles. The van der Waals surface area contributed by atoms with Gasteiger partial charge < -0.3 is 25.4 Å². The molecule has 1 aromatic rings. The smallest absolute Gasteiger partial charge is 0.188 e. The van der Waals surface area contributed by atoms with Gasteiger partial charge >= 0.3 is 0 Å². The van der Waals surface area contributed by atoms with Gasteiger partial charge in [0.05, 0.1) is 20.8 Å². The Morgan fingerprint density at radius 1 is 1.20 bits per heavy atom. The van der Waals surface area contributed by atoms with E-state index in [0.717, 1.165) is 24.7 Å². The molecule has 6 heteroatoms. The van der Waals surface area contributed by atoms with Gasteiger partial charge in [-0.2, -0.15) is 0 Å². The molecule has 1 saturated carbocycles. The van der Waals surface area contributed by atoms with Crippen molar-refractivity contribution in [1.82, 2.24) is 10.2 Å². The Balaban J connectivity index is 1.75. The lowest BCUT2D eigenvalue weighted by atomic mass is 9.94. The van der Waals surface area contributed by atoms with Gasteiger partial charge in [-0.15, -0.1) is 0 Å². The average molecular weight is 348 g/mol. The summed E-state index contributed by atoms with van der Waals surface area (Å²) in [4.78, 5) is 6.84. The highest BCUT2D eigenvalue weighted by atomic mass is 16.5. The maximum absolute atomic E-state index is 5.98. The molecule has 140 valence electrons. The molecule has 0 heterocycles. The maximum atomic E-state index is 5.98. The highest BCUT2D eigenvalue weighted by Crippen LogP contribution is 2.27. The summed E-state index contributed by atoms with van der Waals surface area (Å²) in [5, 5.41) is 3.20. The van der Waals surface area contributed by atoms with Crippen molar-refractivity contribution in [3.63, 3.8) is 0 Å². The maximum Gasteiger partial charge on any atom is 0.188 e. The van der Waals surface area contributed by atoms with E-state index in [-0.39, 0.29) is 0 Å². The molecule has 6 nitrogen and oxygen atoms in total. The molecule has 0 unspecified atom stereocenters. The monoisotopic (exact) mass is 348 g/mol. The van der Waals surface area contributed by atoms with Crippen LogP contribution in [0.4, 0.5) is 0 Å². The number of aliphatic imine (C=N–C) groups is 1. The number of ether oxygens (including phenoxy) is 2. The first kappa shape index (κ1) is 19.4.